The van der Waals surface area contributed by atoms with Crippen molar-refractivity contribution in [1.82, 2.24) is 0 Å². The molecule has 1 heterocycles. The molecule has 0 radical (unpaired) electrons. The van der Waals surface area contributed by atoms with E-state index >= 15 is 0 Å². The Balaban J connectivity index is 1.50. The first-order valence-electron chi connectivity index (χ1n) is 13.4. The van der Waals surface area contributed by atoms with Crippen LogP contribution in [0.3, 0.4) is 0 Å². The molecular weight excluding hydrogens is 472 g/mol. The summed E-state index contributed by atoms with van der Waals surface area (Å²) in [5.74, 6) is 0. The van der Waals surface area contributed by atoms with Gasteiger partial charge in [0.25, 0.3) is 0 Å². The van der Waals surface area contributed by atoms with Crippen molar-refractivity contribution < 1.29 is 4.42 Å². The van der Waals surface area contributed by atoms with Crippen LogP contribution in [0.4, 0.5) is 0 Å². The number of fused-ring (bicyclic) bond motifs is 5. The van der Waals surface area contributed by atoms with Crippen molar-refractivity contribution in [2.75, 3.05) is 0 Å². The standard InChI is InChI=1S/C38H24O/c1-2-12-25(13-3-1)27-15-6-7-17-29(27)36-30-18-8-10-20-32(30)37(33-21-11-9-19-31(33)36)35-24-39-38-28-16-5-4-14-26(28)22-23-34(35)38/h1-24H. The van der Waals surface area contributed by atoms with Gasteiger partial charge in [-0.3, -0.25) is 0 Å². The second-order valence-corrected chi connectivity index (χ2v) is 10.1. The monoisotopic (exact) mass is 496 g/mol. The Labute approximate surface area is 226 Å². The Morgan fingerprint density at radius 1 is 0.333 bits per heavy atom. The van der Waals surface area contributed by atoms with E-state index in [0.717, 1.165) is 21.9 Å². The third-order valence-electron chi connectivity index (χ3n) is 7.95. The van der Waals surface area contributed by atoms with E-state index in [1.54, 1.807) is 0 Å². The maximum atomic E-state index is 6.31. The lowest BCUT2D eigenvalue weighted by molar-refractivity contribution is 0.620. The molecule has 39 heavy (non-hydrogen) atoms. The SMILES string of the molecule is c1ccc(-c2ccccc2-c2c3ccccc3c(-c3coc4c3ccc3ccccc34)c3ccccc23)cc1. The zero-order chi connectivity index (χ0) is 25.8. The predicted octanol–water partition coefficient (Wildman–Crippen LogP) is 10.9. The van der Waals surface area contributed by atoms with Crippen LogP contribution in [0.2, 0.25) is 0 Å². The first kappa shape index (κ1) is 21.9. The number of benzene rings is 7. The molecule has 0 saturated heterocycles. The number of rotatable bonds is 3. The molecule has 0 aliphatic rings. The van der Waals surface area contributed by atoms with Gasteiger partial charge in [-0.05, 0) is 55.3 Å². The summed E-state index contributed by atoms with van der Waals surface area (Å²) in [6.07, 6.45) is 1.95. The fourth-order valence-electron chi connectivity index (χ4n) is 6.24. The van der Waals surface area contributed by atoms with Crippen LogP contribution in [0, 0.1) is 0 Å². The second-order valence-electron chi connectivity index (χ2n) is 10.1. The van der Waals surface area contributed by atoms with E-state index < -0.39 is 0 Å². The lowest BCUT2D eigenvalue weighted by Gasteiger charge is -2.19. The summed E-state index contributed by atoms with van der Waals surface area (Å²) in [6, 6.07) is 49.9. The molecule has 0 aliphatic carbocycles. The zero-order valence-corrected chi connectivity index (χ0v) is 21.3. The van der Waals surface area contributed by atoms with Gasteiger partial charge in [0.05, 0.1) is 6.26 Å². The lowest BCUT2D eigenvalue weighted by Crippen LogP contribution is -1.92. The molecule has 7 aromatic carbocycles. The molecule has 0 atom stereocenters. The molecule has 0 fully saturated rings. The van der Waals surface area contributed by atoms with Crippen molar-refractivity contribution in [1.29, 1.82) is 0 Å². The number of hydrogen-bond donors (Lipinski definition) is 0. The smallest absolute Gasteiger partial charge is 0.142 e. The molecule has 0 saturated carbocycles. The summed E-state index contributed by atoms with van der Waals surface area (Å²) in [4.78, 5) is 0. The number of hydrogen-bond acceptors (Lipinski definition) is 1. The van der Waals surface area contributed by atoms with E-state index in [4.69, 9.17) is 4.42 Å². The van der Waals surface area contributed by atoms with Crippen LogP contribution in [0.25, 0.3) is 76.7 Å². The molecule has 0 aliphatic heterocycles. The summed E-state index contributed by atoms with van der Waals surface area (Å²) in [6.45, 7) is 0. The fraction of sp³-hybridized carbons (Fsp3) is 0. The molecule has 0 N–H and O–H groups in total. The Morgan fingerprint density at radius 2 is 0.846 bits per heavy atom. The van der Waals surface area contributed by atoms with E-state index in [1.807, 2.05) is 6.26 Å². The van der Waals surface area contributed by atoms with Gasteiger partial charge >= 0.3 is 0 Å². The highest BCUT2D eigenvalue weighted by Gasteiger charge is 2.21. The van der Waals surface area contributed by atoms with Gasteiger partial charge in [-0.25, -0.2) is 0 Å². The van der Waals surface area contributed by atoms with E-state index in [0.29, 0.717) is 0 Å². The first-order chi connectivity index (χ1) is 19.4. The van der Waals surface area contributed by atoms with Crippen molar-refractivity contribution in [3.8, 4) is 33.4 Å². The maximum Gasteiger partial charge on any atom is 0.142 e. The summed E-state index contributed by atoms with van der Waals surface area (Å²) in [5.41, 5.74) is 8.25. The van der Waals surface area contributed by atoms with Gasteiger partial charge in [-0.1, -0.05) is 133 Å². The minimum absolute atomic E-state index is 0.940. The largest absolute Gasteiger partial charge is 0.463 e. The summed E-state index contributed by atoms with van der Waals surface area (Å²) in [7, 11) is 0. The second kappa shape index (κ2) is 8.72. The van der Waals surface area contributed by atoms with Gasteiger partial charge in [0.15, 0.2) is 0 Å². The van der Waals surface area contributed by atoms with Crippen LogP contribution in [0.1, 0.15) is 0 Å². The van der Waals surface area contributed by atoms with Crippen LogP contribution in [0.5, 0.6) is 0 Å². The topological polar surface area (TPSA) is 13.1 Å². The van der Waals surface area contributed by atoms with Gasteiger partial charge in [-0.15, -0.1) is 0 Å². The summed E-state index contributed by atoms with van der Waals surface area (Å²) >= 11 is 0. The molecule has 8 aromatic rings. The van der Waals surface area contributed by atoms with Crippen molar-refractivity contribution in [2.45, 2.75) is 0 Å². The summed E-state index contributed by atoms with van der Waals surface area (Å²) in [5, 5.41) is 8.41. The minimum Gasteiger partial charge on any atom is -0.463 e. The highest BCUT2D eigenvalue weighted by molar-refractivity contribution is 6.25. The average molecular weight is 497 g/mol. The predicted molar refractivity (Wildman–Crippen MR) is 165 cm³/mol. The lowest BCUT2D eigenvalue weighted by atomic mass is 9.84. The fourth-order valence-corrected chi connectivity index (χ4v) is 6.24. The first-order valence-corrected chi connectivity index (χ1v) is 13.4. The Kier molecular flexibility index (Phi) is 4.89. The van der Waals surface area contributed by atoms with Crippen LogP contribution in [-0.4, -0.2) is 0 Å². The van der Waals surface area contributed by atoms with E-state index in [9.17, 15) is 0 Å². The average Bonchev–Trinajstić information content (AvgIpc) is 3.44. The van der Waals surface area contributed by atoms with Gasteiger partial charge in [0, 0.05) is 21.9 Å². The minimum atomic E-state index is 0.940. The van der Waals surface area contributed by atoms with E-state index in [-0.39, 0.29) is 0 Å². The van der Waals surface area contributed by atoms with Crippen LogP contribution < -0.4 is 0 Å². The Hall–Kier alpha value is -5.14. The van der Waals surface area contributed by atoms with Crippen molar-refractivity contribution in [2.24, 2.45) is 0 Å². The van der Waals surface area contributed by atoms with Crippen molar-refractivity contribution in [3.63, 3.8) is 0 Å². The van der Waals surface area contributed by atoms with E-state index in [2.05, 4.69) is 140 Å². The highest BCUT2D eigenvalue weighted by atomic mass is 16.3. The molecule has 0 unspecified atom stereocenters. The molecule has 182 valence electrons. The summed E-state index contributed by atoms with van der Waals surface area (Å²) < 4.78 is 6.31. The van der Waals surface area contributed by atoms with Crippen LogP contribution in [-0.2, 0) is 0 Å². The third-order valence-corrected chi connectivity index (χ3v) is 7.95. The zero-order valence-electron chi connectivity index (χ0n) is 21.3. The van der Waals surface area contributed by atoms with Crippen LogP contribution in [0.15, 0.2) is 150 Å². The molecule has 0 bridgehead atoms. The van der Waals surface area contributed by atoms with Crippen molar-refractivity contribution in [3.05, 3.63) is 146 Å². The molecule has 1 nitrogen and oxygen atoms in total. The quantitative estimate of drug-likeness (QED) is 0.222. The molecule has 1 heteroatoms. The maximum absolute atomic E-state index is 6.31. The number of furan rings is 1. The normalized spacial score (nSPS) is 11.6. The molecular formula is C38H24O. The molecule has 0 amide bonds. The van der Waals surface area contributed by atoms with Gasteiger partial charge < -0.3 is 4.42 Å². The van der Waals surface area contributed by atoms with E-state index in [1.165, 1.54) is 54.7 Å². The molecule has 8 rings (SSSR count). The third kappa shape index (κ3) is 3.34. The van der Waals surface area contributed by atoms with Crippen LogP contribution >= 0.6 is 0 Å². The molecule has 1 aromatic heterocycles. The highest BCUT2D eigenvalue weighted by Crippen LogP contribution is 2.47. The molecule has 0 spiro atoms. The van der Waals surface area contributed by atoms with Gasteiger partial charge in [0.1, 0.15) is 5.58 Å². The Morgan fingerprint density at radius 3 is 1.51 bits per heavy atom. The Bertz CT molecular complexity index is 2110. The van der Waals surface area contributed by atoms with Gasteiger partial charge in [0.2, 0.25) is 0 Å². The van der Waals surface area contributed by atoms with Crippen molar-refractivity contribution >= 4 is 43.3 Å². The van der Waals surface area contributed by atoms with Gasteiger partial charge in [-0.2, -0.15) is 0 Å².